The molecule has 94 valence electrons. The zero-order valence-corrected chi connectivity index (χ0v) is 10.8. The lowest BCUT2D eigenvalue weighted by Crippen LogP contribution is -2.28. The van der Waals surface area contributed by atoms with E-state index >= 15 is 0 Å². The van der Waals surface area contributed by atoms with Gasteiger partial charge in [0.1, 0.15) is 0 Å². The predicted octanol–water partition coefficient (Wildman–Crippen LogP) is 2.47. The molecule has 0 saturated carbocycles. The van der Waals surface area contributed by atoms with Gasteiger partial charge in [-0.15, -0.1) is 6.58 Å². The van der Waals surface area contributed by atoms with Crippen LogP contribution >= 0.6 is 11.6 Å². The Morgan fingerprint density at radius 2 is 2.29 bits per heavy atom. The van der Waals surface area contributed by atoms with Crippen LogP contribution in [0.2, 0.25) is 5.02 Å². The Bertz CT molecular complexity index is 368. The molecular weight excluding hydrogens is 238 g/mol. The van der Waals surface area contributed by atoms with Crippen molar-refractivity contribution in [3.8, 4) is 0 Å². The van der Waals surface area contributed by atoms with Crippen LogP contribution in [0.15, 0.2) is 30.9 Å². The SMILES string of the molecule is C=CCN(CCOC)c1cc(Cl)ccc1CO. The number of anilines is 1. The lowest BCUT2D eigenvalue weighted by Gasteiger charge is -2.25. The Hall–Kier alpha value is -1.03. The van der Waals surface area contributed by atoms with Gasteiger partial charge in [0.2, 0.25) is 0 Å². The van der Waals surface area contributed by atoms with Crippen LogP contribution in [0.25, 0.3) is 0 Å². The zero-order valence-electron chi connectivity index (χ0n) is 10.0. The summed E-state index contributed by atoms with van der Waals surface area (Å²) in [7, 11) is 1.66. The Labute approximate surface area is 107 Å². The maximum atomic E-state index is 9.33. The van der Waals surface area contributed by atoms with E-state index in [1.54, 1.807) is 13.2 Å². The van der Waals surface area contributed by atoms with Crippen molar-refractivity contribution < 1.29 is 9.84 Å². The lowest BCUT2D eigenvalue weighted by molar-refractivity contribution is 0.205. The number of rotatable bonds is 7. The van der Waals surface area contributed by atoms with E-state index in [4.69, 9.17) is 16.3 Å². The number of hydrogen-bond donors (Lipinski definition) is 1. The molecule has 0 bridgehead atoms. The molecule has 1 aromatic carbocycles. The Morgan fingerprint density at radius 1 is 1.53 bits per heavy atom. The first-order valence-electron chi connectivity index (χ1n) is 5.47. The van der Waals surface area contributed by atoms with Gasteiger partial charge in [-0.3, -0.25) is 0 Å². The van der Waals surface area contributed by atoms with Crippen LogP contribution in [0.4, 0.5) is 5.69 Å². The quantitative estimate of drug-likeness (QED) is 0.760. The van der Waals surface area contributed by atoms with E-state index < -0.39 is 0 Å². The fraction of sp³-hybridized carbons (Fsp3) is 0.385. The molecule has 0 heterocycles. The summed E-state index contributed by atoms with van der Waals surface area (Å²) in [5.41, 5.74) is 1.78. The molecule has 3 nitrogen and oxygen atoms in total. The van der Waals surface area contributed by atoms with Crippen LogP contribution in [-0.2, 0) is 11.3 Å². The first-order chi connectivity index (χ1) is 8.22. The second-order valence-corrected chi connectivity index (χ2v) is 4.10. The lowest BCUT2D eigenvalue weighted by atomic mass is 10.1. The van der Waals surface area contributed by atoms with Gasteiger partial charge >= 0.3 is 0 Å². The minimum atomic E-state index is -0.00682. The van der Waals surface area contributed by atoms with Gasteiger partial charge in [-0.25, -0.2) is 0 Å². The smallest absolute Gasteiger partial charge is 0.0702 e. The van der Waals surface area contributed by atoms with Crippen molar-refractivity contribution in [2.45, 2.75) is 6.61 Å². The molecule has 0 saturated heterocycles. The summed E-state index contributed by atoms with van der Waals surface area (Å²) < 4.78 is 5.07. The van der Waals surface area contributed by atoms with E-state index in [1.165, 1.54) is 0 Å². The fourth-order valence-electron chi connectivity index (χ4n) is 1.63. The first kappa shape index (κ1) is 14.0. The molecule has 1 rings (SSSR count). The van der Waals surface area contributed by atoms with Crippen LogP contribution in [0.3, 0.4) is 0 Å². The molecule has 0 atom stereocenters. The van der Waals surface area contributed by atoms with Gasteiger partial charge in [0.15, 0.2) is 0 Å². The Morgan fingerprint density at radius 3 is 2.88 bits per heavy atom. The highest BCUT2D eigenvalue weighted by molar-refractivity contribution is 6.30. The Kier molecular flexibility index (Phi) is 6.05. The summed E-state index contributed by atoms with van der Waals surface area (Å²) in [5.74, 6) is 0. The number of ether oxygens (including phenoxy) is 1. The number of nitrogens with zero attached hydrogens (tertiary/aromatic N) is 1. The van der Waals surface area contributed by atoms with E-state index in [0.29, 0.717) is 18.2 Å². The molecule has 1 N–H and O–H groups in total. The molecule has 0 aliphatic rings. The second-order valence-electron chi connectivity index (χ2n) is 3.66. The van der Waals surface area contributed by atoms with Gasteiger partial charge in [-0.2, -0.15) is 0 Å². The molecule has 0 spiro atoms. The molecule has 1 aromatic rings. The molecule has 17 heavy (non-hydrogen) atoms. The molecular formula is C13H18ClNO2. The summed E-state index contributed by atoms with van der Waals surface area (Å²) in [6.07, 6.45) is 1.82. The molecule has 0 aliphatic heterocycles. The van der Waals surface area contributed by atoms with Crippen molar-refractivity contribution >= 4 is 17.3 Å². The third-order valence-electron chi connectivity index (χ3n) is 2.47. The van der Waals surface area contributed by atoms with Crippen molar-refractivity contribution in [3.05, 3.63) is 41.4 Å². The molecule has 0 amide bonds. The highest BCUT2D eigenvalue weighted by Gasteiger charge is 2.10. The summed E-state index contributed by atoms with van der Waals surface area (Å²) in [5, 5.41) is 9.98. The summed E-state index contributed by atoms with van der Waals surface area (Å²) in [4.78, 5) is 2.08. The van der Waals surface area contributed by atoms with Gasteiger partial charge in [0.25, 0.3) is 0 Å². The summed E-state index contributed by atoms with van der Waals surface area (Å²) in [6, 6.07) is 5.46. The monoisotopic (exact) mass is 255 g/mol. The van der Waals surface area contributed by atoms with E-state index in [1.807, 2.05) is 18.2 Å². The van der Waals surface area contributed by atoms with Gasteiger partial charge in [0.05, 0.1) is 13.2 Å². The molecule has 4 heteroatoms. The molecule has 0 aliphatic carbocycles. The highest BCUT2D eigenvalue weighted by atomic mass is 35.5. The normalized spacial score (nSPS) is 10.3. The molecule has 0 unspecified atom stereocenters. The van der Waals surface area contributed by atoms with E-state index in [2.05, 4.69) is 11.5 Å². The summed E-state index contributed by atoms with van der Waals surface area (Å²) >= 11 is 5.99. The maximum absolute atomic E-state index is 9.33. The van der Waals surface area contributed by atoms with Crippen molar-refractivity contribution in [2.24, 2.45) is 0 Å². The van der Waals surface area contributed by atoms with Crippen LogP contribution in [-0.4, -0.2) is 31.9 Å². The zero-order chi connectivity index (χ0) is 12.7. The van der Waals surface area contributed by atoms with Crippen LogP contribution in [0.5, 0.6) is 0 Å². The standard InChI is InChI=1S/C13H18ClNO2/c1-3-6-15(7-8-17-2)13-9-12(14)5-4-11(13)10-16/h3-5,9,16H,1,6-8,10H2,2H3. The number of halogens is 1. The van der Waals surface area contributed by atoms with E-state index in [-0.39, 0.29) is 6.61 Å². The van der Waals surface area contributed by atoms with E-state index in [0.717, 1.165) is 17.8 Å². The molecule has 0 aromatic heterocycles. The largest absolute Gasteiger partial charge is 0.392 e. The second kappa shape index (κ2) is 7.33. The third kappa shape index (κ3) is 4.04. The van der Waals surface area contributed by atoms with Gasteiger partial charge in [-0.05, 0) is 12.1 Å². The van der Waals surface area contributed by atoms with Crippen molar-refractivity contribution in [1.82, 2.24) is 0 Å². The van der Waals surface area contributed by atoms with Crippen LogP contribution < -0.4 is 4.90 Å². The van der Waals surface area contributed by atoms with Crippen molar-refractivity contribution in [2.75, 3.05) is 31.7 Å². The number of aliphatic hydroxyl groups is 1. The van der Waals surface area contributed by atoms with Crippen LogP contribution in [0.1, 0.15) is 5.56 Å². The van der Waals surface area contributed by atoms with Gasteiger partial charge < -0.3 is 14.7 Å². The third-order valence-corrected chi connectivity index (χ3v) is 2.71. The fourth-order valence-corrected chi connectivity index (χ4v) is 1.80. The molecule has 0 radical (unpaired) electrons. The topological polar surface area (TPSA) is 32.7 Å². The minimum absolute atomic E-state index is 0.00682. The average Bonchev–Trinajstić information content (AvgIpc) is 2.34. The number of benzene rings is 1. The number of methoxy groups -OCH3 is 1. The van der Waals surface area contributed by atoms with Crippen LogP contribution in [0, 0.1) is 0 Å². The first-order valence-corrected chi connectivity index (χ1v) is 5.84. The Balaban J connectivity index is 2.97. The number of aliphatic hydroxyl groups excluding tert-OH is 1. The highest BCUT2D eigenvalue weighted by Crippen LogP contribution is 2.25. The summed E-state index contributed by atoms with van der Waals surface area (Å²) in [6.45, 7) is 5.77. The van der Waals surface area contributed by atoms with Crippen molar-refractivity contribution in [1.29, 1.82) is 0 Å². The predicted molar refractivity (Wildman–Crippen MR) is 71.7 cm³/mol. The number of hydrogen-bond acceptors (Lipinski definition) is 3. The van der Waals surface area contributed by atoms with E-state index in [9.17, 15) is 5.11 Å². The maximum Gasteiger partial charge on any atom is 0.0702 e. The van der Waals surface area contributed by atoms with Gasteiger partial charge in [0, 0.05) is 36.5 Å². The minimum Gasteiger partial charge on any atom is -0.392 e. The average molecular weight is 256 g/mol. The molecule has 0 fully saturated rings. The van der Waals surface area contributed by atoms with Crippen molar-refractivity contribution in [3.63, 3.8) is 0 Å². The van der Waals surface area contributed by atoms with Gasteiger partial charge in [-0.1, -0.05) is 23.7 Å².